The highest BCUT2D eigenvalue weighted by atomic mass is 16.8. The van der Waals surface area contributed by atoms with Gasteiger partial charge in [-0.05, 0) is 37.6 Å². The number of hydrogen-bond donors (Lipinski definition) is 3. The average Bonchev–Trinajstić information content (AvgIpc) is 3.27. The van der Waals surface area contributed by atoms with E-state index in [9.17, 15) is 24.8 Å². The summed E-state index contributed by atoms with van der Waals surface area (Å²) >= 11 is 0. The van der Waals surface area contributed by atoms with E-state index in [4.69, 9.17) is 0 Å². The number of carbonyl (C=O) groups is 3. The number of nitrogens with one attached hydrogen (secondary N) is 2. The molecular weight excluding hydrogens is 388 g/mol. The number of benzene rings is 2. The number of hydrogen-bond acceptors (Lipinski definition) is 7. The van der Waals surface area contributed by atoms with Crippen LogP contribution in [0.5, 0.6) is 0 Å². The highest BCUT2D eigenvalue weighted by Crippen LogP contribution is 2.53. The first-order chi connectivity index (χ1) is 14.3. The molecule has 1 spiro atoms. The van der Waals surface area contributed by atoms with Crippen molar-refractivity contribution >= 4 is 34.8 Å². The fraction of sp³-hybridized carbons (Fsp3) is 0.286. The van der Waals surface area contributed by atoms with Crippen LogP contribution in [0.3, 0.4) is 0 Å². The zero-order valence-corrected chi connectivity index (χ0v) is 16.2. The molecule has 2 aromatic rings. The van der Waals surface area contributed by atoms with Gasteiger partial charge in [0.25, 0.3) is 0 Å². The largest absolute Gasteiger partial charge is 0.733 e. The van der Waals surface area contributed by atoms with Crippen LogP contribution in [0.4, 0.5) is 17.1 Å². The SMILES string of the molecule is Cc1ccc(N([O-])O)cc1N1C(=O)C2C(C)NC3(C(=O)Nc4ccccc43)C2C1=O. The van der Waals surface area contributed by atoms with Gasteiger partial charge < -0.3 is 15.8 Å². The zero-order chi connectivity index (χ0) is 21.4. The molecular formula is C21H19N4O5-. The summed E-state index contributed by atoms with van der Waals surface area (Å²) in [6.45, 7) is 3.49. The molecule has 0 aromatic heterocycles. The summed E-state index contributed by atoms with van der Waals surface area (Å²) in [5.41, 5.74) is 0.632. The van der Waals surface area contributed by atoms with E-state index in [-0.39, 0.29) is 22.5 Å². The van der Waals surface area contributed by atoms with Gasteiger partial charge in [-0.25, -0.2) is 4.90 Å². The lowest BCUT2D eigenvalue weighted by atomic mass is 9.76. The second-order valence-corrected chi connectivity index (χ2v) is 8.00. The fourth-order valence-corrected chi connectivity index (χ4v) is 5.12. The zero-order valence-electron chi connectivity index (χ0n) is 16.2. The number of rotatable bonds is 2. The first-order valence-corrected chi connectivity index (χ1v) is 9.60. The smallest absolute Gasteiger partial charge is 0.250 e. The molecule has 3 N–H and O–H groups in total. The molecule has 9 heteroatoms. The van der Waals surface area contributed by atoms with Crippen LogP contribution in [0.2, 0.25) is 0 Å². The van der Waals surface area contributed by atoms with Crippen molar-refractivity contribution in [3.8, 4) is 0 Å². The molecule has 3 aliphatic heterocycles. The van der Waals surface area contributed by atoms with Crippen molar-refractivity contribution in [2.75, 3.05) is 15.4 Å². The van der Waals surface area contributed by atoms with Crippen molar-refractivity contribution in [2.45, 2.75) is 25.4 Å². The second-order valence-electron chi connectivity index (χ2n) is 8.00. The third-order valence-corrected chi connectivity index (χ3v) is 6.42. The lowest BCUT2D eigenvalue weighted by Gasteiger charge is -2.30. The first-order valence-electron chi connectivity index (χ1n) is 9.60. The molecule has 2 aromatic carbocycles. The molecule has 4 unspecified atom stereocenters. The molecule has 3 aliphatic rings. The molecule has 3 amide bonds. The van der Waals surface area contributed by atoms with Gasteiger partial charge in [-0.1, -0.05) is 24.3 Å². The van der Waals surface area contributed by atoms with Gasteiger partial charge in [0, 0.05) is 17.3 Å². The lowest BCUT2D eigenvalue weighted by Crippen LogP contribution is -2.53. The summed E-state index contributed by atoms with van der Waals surface area (Å²) in [6.07, 6.45) is 0. The fourth-order valence-electron chi connectivity index (χ4n) is 5.12. The Kier molecular flexibility index (Phi) is 3.82. The molecule has 2 fully saturated rings. The molecule has 0 radical (unpaired) electrons. The topological polar surface area (TPSA) is 125 Å². The first kappa shape index (κ1) is 18.7. The van der Waals surface area contributed by atoms with E-state index in [1.54, 1.807) is 44.2 Å². The molecule has 4 atom stereocenters. The highest BCUT2D eigenvalue weighted by Gasteiger charge is 2.69. The molecule has 0 saturated carbocycles. The van der Waals surface area contributed by atoms with E-state index in [0.717, 1.165) is 4.90 Å². The van der Waals surface area contributed by atoms with Gasteiger partial charge in [0.2, 0.25) is 17.7 Å². The van der Waals surface area contributed by atoms with Gasteiger partial charge in [-0.15, -0.1) is 0 Å². The summed E-state index contributed by atoms with van der Waals surface area (Å²) in [6, 6.07) is 10.9. The minimum Gasteiger partial charge on any atom is -0.733 e. The van der Waals surface area contributed by atoms with Crippen molar-refractivity contribution < 1.29 is 19.6 Å². The van der Waals surface area contributed by atoms with E-state index in [2.05, 4.69) is 10.6 Å². The Morgan fingerprint density at radius 1 is 1.13 bits per heavy atom. The normalized spacial score (nSPS) is 29.4. The average molecular weight is 407 g/mol. The number of carbonyl (C=O) groups excluding carboxylic acids is 3. The van der Waals surface area contributed by atoms with Crippen molar-refractivity contribution in [1.29, 1.82) is 0 Å². The van der Waals surface area contributed by atoms with E-state index in [1.165, 1.54) is 12.1 Å². The van der Waals surface area contributed by atoms with Crippen molar-refractivity contribution in [2.24, 2.45) is 11.8 Å². The number of anilines is 3. The maximum atomic E-state index is 13.6. The van der Waals surface area contributed by atoms with E-state index < -0.39 is 35.2 Å². The summed E-state index contributed by atoms with van der Waals surface area (Å²) < 4.78 is 0. The van der Waals surface area contributed by atoms with Crippen LogP contribution in [0.1, 0.15) is 18.1 Å². The van der Waals surface area contributed by atoms with Gasteiger partial charge in [-0.2, -0.15) is 0 Å². The van der Waals surface area contributed by atoms with Gasteiger partial charge in [0.15, 0.2) is 0 Å². The van der Waals surface area contributed by atoms with Crippen LogP contribution >= 0.6 is 0 Å². The summed E-state index contributed by atoms with van der Waals surface area (Å²) in [5, 5.41) is 26.3. The van der Waals surface area contributed by atoms with Crippen LogP contribution in [0.25, 0.3) is 0 Å². The Morgan fingerprint density at radius 3 is 2.60 bits per heavy atom. The lowest BCUT2D eigenvalue weighted by molar-refractivity contribution is -0.130. The predicted molar refractivity (Wildman–Crippen MR) is 108 cm³/mol. The number of nitrogens with zero attached hydrogens (tertiary/aromatic N) is 2. The van der Waals surface area contributed by atoms with E-state index in [0.29, 0.717) is 16.8 Å². The maximum absolute atomic E-state index is 13.6. The third-order valence-electron chi connectivity index (χ3n) is 6.42. The Labute approximate surface area is 171 Å². The monoisotopic (exact) mass is 407 g/mol. The Balaban J connectivity index is 1.66. The Hall–Kier alpha value is -3.27. The van der Waals surface area contributed by atoms with Crippen LogP contribution in [-0.2, 0) is 19.9 Å². The number of aryl methyl sites for hydroxylation is 1. The van der Waals surface area contributed by atoms with Gasteiger partial charge in [0.05, 0.1) is 23.2 Å². The second kappa shape index (κ2) is 6.11. The molecule has 3 heterocycles. The number of para-hydroxylation sites is 1. The standard InChI is InChI=1S/C21H19N4O5/c1-10-7-8-12(25(29)30)9-15(10)24-18(26)16-11(2)23-21(17(16)19(24)27)13-5-3-4-6-14(13)22-20(21)28/h3-9,11,16-17,23,29H,1-2H3,(H,22,28)/q-1. The molecule has 9 nitrogen and oxygen atoms in total. The van der Waals surface area contributed by atoms with Crippen molar-refractivity contribution in [3.63, 3.8) is 0 Å². The van der Waals surface area contributed by atoms with Crippen LogP contribution in [0, 0.1) is 24.0 Å². The Morgan fingerprint density at radius 2 is 1.87 bits per heavy atom. The molecule has 0 bridgehead atoms. The van der Waals surface area contributed by atoms with Gasteiger partial charge >= 0.3 is 0 Å². The summed E-state index contributed by atoms with van der Waals surface area (Å²) in [4.78, 5) is 41.2. The van der Waals surface area contributed by atoms with E-state index >= 15 is 0 Å². The molecule has 5 rings (SSSR count). The minimum atomic E-state index is -1.34. The number of imide groups is 1. The van der Waals surface area contributed by atoms with Crippen molar-refractivity contribution in [3.05, 3.63) is 58.8 Å². The number of amides is 3. The maximum Gasteiger partial charge on any atom is 0.250 e. The summed E-state index contributed by atoms with van der Waals surface area (Å²) in [7, 11) is 0. The quantitative estimate of drug-likeness (QED) is 0.510. The van der Waals surface area contributed by atoms with E-state index in [1.807, 2.05) is 0 Å². The van der Waals surface area contributed by atoms with Gasteiger partial charge in [0.1, 0.15) is 5.54 Å². The molecule has 2 saturated heterocycles. The number of fused-ring (bicyclic) bond motifs is 4. The minimum absolute atomic E-state index is 0.0990. The molecule has 30 heavy (non-hydrogen) atoms. The molecule has 0 aliphatic carbocycles. The van der Waals surface area contributed by atoms with Crippen molar-refractivity contribution in [1.82, 2.24) is 5.32 Å². The van der Waals surface area contributed by atoms with Gasteiger partial charge in [-0.3, -0.25) is 24.9 Å². The Bertz CT molecular complexity index is 1120. The third kappa shape index (κ3) is 2.19. The highest BCUT2D eigenvalue weighted by molar-refractivity contribution is 6.26. The summed E-state index contributed by atoms with van der Waals surface area (Å²) in [5.74, 6) is -2.98. The molecule has 154 valence electrons. The predicted octanol–water partition coefficient (Wildman–Crippen LogP) is 1.63. The van der Waals surface area contributed by atoms with Crippen LogP contribution in [-0.4, -0.2) is 29.0 Å². The van der Waals surface area contributed by atoms with Crippen LogP contribution < -0.4 is 20.8 Å². The van der Waals surface area contributed by atoms with Crippen LogP contribution in [0.15, 0.2) is 42.5 Å².